The number of rotatable bonds is 4. The van der Waals surface area contributed by atoms with Crippen molar-refractivity contribution in [2.45, 2.75) is 19.4 Å². The van der Waals surface area contributed by atoms with Gasteiger partial charge in [0, 0.05) is 44.1 Å². The van der Waals surface area contributed by atoms with E-state index in [2.05, 4.69) is 16.0 Å². The molecule has 1 fully saturated rings. The second-order valence-corrected chi connectivity index (χ2v) is 6.16. The van der Waals surface area contributed by atoms with Gasteiger partial charge in [-0.1, -0.05) is 37.3 Å². The average molecular weight is 334 g/mol. The van der Waals surface area contributed by atoms with Crippen molar-refractivity contribution < 1.29 is 4.79 Å². The smallest absolute Gasteiger partial charge is 0.254 e. The summed E-state index contributed by atoms with van der Waals surface area (Å²) in [5.74, 6) is 0.0621. The molecule has 0 unspecified atom stereocenters. The molecule has 1 amide bonds. The summed E-state index contributed by atoms with van der Waals surface area (Å²) in [7, 11) is 0. The van der Waals surface area contributed by atoms with Crippen molar-refractivity contribution in [2.75, 3.05) is 26.2 Å². The maximum Gasteiger partial charge on any atom is 0.254 e. The molecule has 3 rings (SSSR count). The predicted octanol–water partition coefficient (Wildman–Crippen LogP) is 2.67. The van der Waals surface area contributed by atoms with Gasteiger partial charge in [-0.2, -0.15) is 5.26 Å². The molecule has 2 heterocycles. The molecule has 5 heteroatoms. The van der Waals surface area contributed by atoms with Crippen LogP contribution in [-0.4, -0.2) is 46.9 Å². The first-order valence-electron chi connectivity index (χ1n) is 8.65. The van der Waals surface area contributed by atoms with Gasteiger partial charge in [0.25, 0.3) is 5.91 Å². The Balaban J connectivity index is 1.67. The number of piperazine rings is 1. The second-order valence-electron chi connectivity index (χ2n) is 6.16. The van der Waals surface area contributed by atoms with Crippen LogP contribution in [0.15, 0.2) is 48.8 Å². The highest BCUT2D eigenvalue weighted by molar-refractivity contribution is 5.95. The van der Waals surface area contributed by atoms with Gasteiger partial charge in [-0.3, -0.25) is 14.7 Å². The standard InChI is InChI=1S/C20H22N4O/c1-2-16-15-22-9-8-18(16)20(25)24-12-10-23(11-13-24)19(14-21)17-6-4-3-5-7-17/h3-9,15,19H,2,10-13H2,1H3/t19-/m1/s1. The molecule has 0 radical (unpaired) electrons. The Hall–Kier alpha value is -2.71. The zero-order valence-corrected chi connectivity index (χ0v) is 14.4. The molecular weight excluding hydrogens is 312 g/mol. The van der Waals surface area contributed by atoms with Crippen molar-refractivity contribution in [1.29, 1.82) is 5.26 Å². The topological polar surface area (TPSA) is 60.2 Å². The summed E-state index contributed by atoms with van der Waals surface area (Å²) in [6.07, 6.45) is 4.23. The fourth-order valence-corrected chi connectivity index (χ4v) is 3.27. The molecule has 1 aliphatic heterocycles. The van der Waals surface area contributed by atoms with Gasteiger partial charge in [-0.25, -0.2) is 0 Å². The van der Waals surface area contributed by atoms with E-state index in [1.54, 1.807) is 18.5 Å². The fourth-order valence-electron chi connectivity index (χ4n) is 3.27. The van der Waals surface area contributed by atoms with Crippen molar-refractivity contribution in [1.82, 2.24) is 14.8 Å². The quantitative estimate of drug-likeness (QED) is 0.862. The molecule has 25 heavy (non-hydrogen) atoms. The third-order valence-corrected chi connectivity index (χ3v) is 4.72. The molecule has 5 nitrogen and oxygen atoms in total. The molecule has 0 saturated carbocycles. The molecular formula is C20H22N4O. The number of benzene rings is 1. The number of hydrogen-bond acceptors (Lipinski definition) is 4. The lowest BCUT2D eigenvalue weighted by Gasteiger charge is -2.37. The van der Waals surface area contributed by atoms with E-state index in [0.29, 0.717) is 26.2 Å². The first kappa shape index (κ1) is 17.1. The van der Waals surface area contributed by atoms with Crippen molar-refractivity contribution in [3.63, 3.8) is 0 Å². The molecule has 0 spiro atoms. The maximum absolute atomic E-state index is 12.8. The van der Waals surface area contributed by atoms with E-state index in [4.69, 9.17) is 0 Å². The fraction of sp³-hybridized carbons (Fsp3) is 0.350. The van der Waals surface area contributed by atoms with Crippen LogP contribution in [0.1, 0.15) is 34.5 Å². The number of amides is 1. The van der Waals surface area contributed by atoms with E-state index < -0.39 is 0 Å². The highest BCUT2D eigenvalue weighted by Gasteiger charge is 2.28. The average Bonchev–Trinajstić information content (AvgIpc) is 2.69. The normalized spacial score (nSPS) is 16.2. The lowest BCUT2D eigenvalue weighted by Crippen LogP contribution is -2.49. The number of nitrogens with zero attached hydrogens (tertiary/aromatic N) is 4. The van der Waals surface area contributed by atoms with E-state index in [-0.39, 0.29) is 11.9 Å². The summed E-state index contributed by atoms with van der Waals surface area (Å²) < 4.78 is 0. The van der Waals surface area contributed by atoms with Crippen LogP contribution in [0.5, 0.6) is 0 Å². The van der Waals surface area contributed by atoms with E-state index >= 15 is 0 Å². The lowest BCUT2D eigenvalue weighted by atomic mass is 10.0. The first-order chi connectivity index (χ1) is 12.2. The molecule has 0 aliphatic carbocycles. The highest BCUT2D eigenvalue weighted by atomic mass is 16.2. The summed E-state index contributed by atoms with van der Waals surface area (Å²) in [5.41, 5.74) is 2.73. The van der Waals surface area contributed by atoms with Crippen LogP contribution in [0.3, 0.4) is 0 Å². The number of aryl methyl sites for hydroxylation is 1. The molecule has 1 aromatic heterocycles. The predicted molar refractivity (Wildman–Crippen MR) is 95.9 cm³/mol. The van der Waals surface area contributed by atoms with Crippen LogP contribution in [0.25, 0.3) is 0 Å². The van der Waals surface area contributed by atoms with Crippen LogP contribution in [0, 0.1) is 11.3 Å². The number of aromatic nitrogens is 1. The van der Waals surface area contributed by atoms with Gasteiger partial charge >= 0.3 is 0 Å². The molecule has 1 aromatic carbocycles. The molecule has 0 N–H and O–H groups in total. The Morgan fingerprint density at radius 3 is 2.56 bits per heavy atom. The molecule has 1 saturated heterocycles. The Bertz CT molecular complexity index is 761. The molecule has 128 valence electrons. The number of pyridine rings is 1. The first-order valence-corrected chi connectivity index (χ1v) is 8.65. The van der Waals surface area contributed by atoms with Gasteiger partial charge in [-0.05, 0) is 23.6 Å². The largest absolute Gasteiger partial charge is 0.336 e. The summed E-state index contributed by atoms with van der Waals surface area (Å²) in [6, 6.07) is 13.8. The molecule has 1 aliphatic rings. The monoisotopic (exact) mass is 334 g/mol. The zero-order chi connectivity index (χ0) is 17.6. The van der Waals surface area contributed by atoms with Gasteiger partial charge in [-0.15, -0.1) is 0 Å². The molecule has 0 bridgehead atoms. The van der Waals surface area contributed by atoms with Gasteiger partial charge in [0.2, 0.25) is 0 Å². The maximum atomic E-state index is 12.8. The number of hydrogen-bond donors (Lipinski definition) is 0. The van der Waals surface area contributed by atoms with E-state index in [9.17, 15) is 10.1 Å². The Morgan fingerprint density at radius 1 is 1.20 bits per heavy atom. The molecule has 2 aromatic rings. The number of nitriles is 1. The minimum Gasteiger partial charge on any atom is -0.336 e. The van der Waals surface area contributed by atoms with Crippen molar-refractivity contribution >= 4 is 5.91 Å². The van der Waals surface area contributed by atoms with Crippen LogP contribution in [0.2, 0.25) is 0 Å². The number of carbonyl (C=O) groups excluding carboxylic acids is 1. The molecule has 1 atom stereocenters. The van der Waals surface area contributed by atoms with Gasteiger partial charge < -0.3 is 4.90 Å². The Morgan fingerprint density at radius 2 is 1.92 bits per heavy atom. The van der Waals surface area contributed by atoms with Gasteiger partial charge in [0.15, 0.2) is 0 Å². The minimum absolute atomic E-state index is 0.0621. The summed E-state index contributed by atoms with van der Waals surface area (Å²) in [5, 5.41) is 9.57. The third-order valence-electron chi connectivity index (χ3n) is 4.72. The van der Waals surface area contributed by atoms with Crippen LogP contribution in [-0.2, 0) is 6.42 Å². The summed E-state index contributed by atoms with van der Waals surface area (Å²) in [6.45, 7) is 4.70. The van der Waals surface area contributed by atoms with Gasteiger partial charge in [0.1, 0.15) is 6.04 Å². The van der Waals surface area contributed by atoms with Crippen molar-refractivity contribution in [3.05, 3.63) is 65.5 Å². The van der Waals surface area contributed by atoms with Crippen LogP contribution >= 0.6 is 0 Å². The number of carbonyl (C=O) groups is 1. The Labute approximate surface area is 148 Å². The summed E-state index contributed by atoms with van der Waals surface area (Å²) >= 11 is 0. The second kappa shape index (κ2) is 7.91. The van der Waals surface area contributed by atoms with Crippen LogP contribution < -0.4 is 0 Å². The van der Waals surface area contributed by atoms with E-state index in [1.165, 1.54) is 0 Å². The van der Waals surface area contributed by atoms with Gasteiger partial charge in [0.05, 0.1) is 6.07 Å². The van der Waals surface area contributed by atoms with Crippen LogP contribution in [0.4, 0.5) is 0 Å². The summed E-state index contributed by atoms with van der Waals surface area (Å²) in [4.78, 5) is 20.9. The third kappa shape index (κ3) is 3.70. The van der Waals surface area contributed by atoms with Crippen molar-refractivity contribution in [3.8, 4) is 6.07 Å². The zero-order valence-electron chi connectivity index (χ0n) is 14.4. The van der Waals surface area contributed by atoms with E-state index in [1.807, 2.05) is 42.2 Å². The minimum atomic E-state index is -0.259. The lowest BCUT2D eigenvalue weighted by molar-refractivity contribution is 0.0605. The Kier molecular flexibility index (Phi) is 5.42. The SMILES string of the molecule is CCc1cnccc1C(=O)N1CCN([C@H](C#N)c2ccccc2)CC1. The van der Waals surface area contributed by atoms with Crippen molar-refractivity contribution in [2.24, 2.45) is 0 Å². The highest BCUT2D eigenvalue weighted by Crippen LogP contribution is 2.22. The van der Waals surface area contributed by atoms with E-state index in [0.717, 1.165) is 23.1 Å².